The fourth-order valence-corrected chi connectivity index (χ4v) is 3.01. The number of urea groups is 1. The minimum absolute atomic E-state index is 0.0755. The van der Waals surface area contributed by atoms with E-state index in [1.807, 2.05) is 63.2 Å². The van der Waals surface area contributed by atoms with E-state index in [1.165, 1.54) is 6.33 Å². The van der Waals surface area contributed by atoms with Crippen LogP contribution in [0.1, 0.15) is 32.4 Å². The minimum atomic E-state index is -0.661. The predicted molar refractivity (Wildman–Crippen MR) is 115 cm³/mol. The fourth-order valence-electron chi connectivity index (χ4n) is 3.01. The zero-order valence-corrected chi connectivity index (χ0v) is 17.2. The summed E-state index contributed by atoms with van der Waals surface area (Å²) in [6, 6.07) is 15.5. The summed E-state index contributed by atoms with van der Waals surface area (Å²) in [4.78, 5) is 29.1. The van der Waals surface area contributed by atoms with Crippen molar-refractivity contribution in [1.29, 1.82) is 0 Å². The van der Waals surface area contributed by atoms with Gasteiger partial charge in [-0.3, -0.25) is 4.79 Å². The van der Waals surface area contributed by atoms with Gasteiger partial charge < -0.3 is 16.0 Å². The summed E-state index contributed by atoms with van der Waals surface area (Å²) in [5.74, 6) is -0.311. The largest absolute Gasteiger partial charge is 0.348 e. The molecule has 3 aromatic rings. The number of rotatable bonds is 7. The number of carbonyl (C=O) groups is 2. The minimum Gasteiger partial charge on any atom is -0.348 e. The van der Waals surface area contributed by atoms with Crippen molar-refractivity contribution in [3.63, 3.8) is 0 Å². The monoisotopic (exact) mass is 406 g/mol. The Morgan fingerprint density at radius 2 is 1.63 bits per heavy atom. The fraction of sp³-hybridized carbons (Fsp3) is 0.273. The van der Waals surface area contributed by atoms with Crippen LogP contribution in [-0.4, -0.2) is 32.7 Å². The number of amides is 3. The maximum absolute atomic E-state index is 12.8. The van der Waals surface area contributed by atoms with Crippen molar-refractivity contribution >= 4 is 17.6 Å². The Morgan fingerprint density at radius 3 is 2.23 bits per heavy atom. The number of nitrogens with one attached hydrogen (secondary N) is 3. The standard InChI is InChI=1S/C22H26N6O2/c1-15(2)20(27-22(30)26-18-7-5-4-6-8-18)21(29)25-16(3)17-9-11-19(12-10-17)28-14-23-13-24-28/h4-16,20H,1-3H3,(H,25,29)(H2,26,27,30)/t16-,20-/m0/s1. The summed E-state index contributed by atoms with van der Waals surface area (Å²) in [7, 11) is 0. The van der Waals surface area contributed by atoms with Gasteiger partial charge in [0, 0.05) is 5.69 Å². The molecule has 8 heteroatoms. The maximum Gasteiger partial charge on any atom is 0.319 e. The molecule has 0 aliphatic rings. The van der Waals surface area contributed by atoms with E-state index in [9.17, 15) is 9.59 Å². The quantitative estimate of drug-likeness (QED) is 0.560. The van der Waals surface area contributed by atoms with Crippen molar-refractivity contribution in [2.24, 2.45) is 5.92 Å². The zero-order chi connectivity index (χ0) is 21.5. The lowest BCUT2D eigenvalue weighted by Crippen LogP contribution is -2.51. The highest BCUT2D eigenvalue weighted by Gasteiger charge is 2.25. The summed E-state index contributed by atoms with van der Waals surface area (Å²) in [6.07, 6.45) is 3.10. The Morgan fingerprint density at radius 1 is 0.933 bits per heavy atom. The molecule has 1 heterocycles. The smallest absolute Gasteiger partial charge is 0.319 e. The van der Waals surface area contributed by atoms with Crippen molar-refractivity contribution in [2.45, 2.75) is 32.9 Å². The molecule has 2 atom stereocenters. The molecule has 0 aliphatic carbocycles. The highest BCUT2D eigenvalue weighted by molar-refractivity contribution is 5.93. The third-order valence-electron chi connectivity index (χ3n) is 4.70. The molecule has 0 radical (unpaired) electrons. The Labute approximate surface area is 175 Å². The third-order valence-corrected chi connectivity index (χ3v) is 4.70. The normalized spacial score (nSPS) is 12.8. The summed E-state index contributed by atoms with van der Waals surface area (Å²) in [5.41, 5.74) is 2.50. The molecule has 1 aromatic heterocycles. The van der Waals surface area contributed by atoms with E-state index in [0.717, 1.165) is 11.3 Å². The van der Waals surface area contributed by atoms with Gasteiger partial charge in [-0.25, -0.2) is 14.5 Å². The lowest BCUT2D eigenvalue weighted by Gasteiger charge is -2.24. The van der Waals surface area contributed by atoms with E-state index in [-0.39, 0.29) is 17.9 Å². The molecule has 3 amide bonds. The molecule has 0 unspecified atom stereocenters. The molecule has 8 nitrogen and oxygen atoms in total. The molecule has 0 fully saturated rings. The number of carbonyl (C=O) groups excluding carboxylic acids is 2. The molecule has 0 saturated carbocycles. The Bertz CT molecular complexity index is 955. The molecule has 0 bridgehead atoms. The molecule has 0 spiro atoms. The number of hydrogen-bond donors (Lipinski definition) is 3. The predicted octanol–water partition coefficient (Wildman–Crippen LogP) is 3.29. The molecular weight excluding hydrogens is 380 g/mol. The van der Waals surface area contributed by atoms with Gasteiger partial charge in [-0.2, -0.15) is 5.10 Å². The van der Waals surface area contributed by atoms with Gasteiger partial charge in [0.15, 0.2) is 0 Å². The molecule has 0 saturated heterocycles. The first-order chi connectivity index (χ1) is 14.4. The second-order valence-corrected chi connectivity index (χ2v) is 7.35. The lowest BCUT2D eigenvalue weighted by atomic mass is 10.0. The Kier molecular flexibility index (Phi) is 6.79. The van der Waals surface area contributed by atoms with E-state index in [2.05, 4.69) is 26.0 Å². The topological polar surface area (TPSA) is 101 Å². The van der Waals surface area contributed by atoms with Crippen LogP contribution in [0.5, 0.6) is 0 Å². The van der Waals surface area contributed by atoms with E-state index in [0.29, 0.717) is 5.69 Å². The van der Waals surface area contributed by atoms with Gasteiger partial charge in [-0.05, 0) is 42.7 Å². The van der Waals surface area contributed by atoms with Gasteiger partial charge in [-0.1, -0.05) is 44.2 Å². The first kappa shape index (κ1) is 21.0. The second kappa shape index (κ2) is 9.69. The number of anilines is 1. The zero-order valence-electron chi connectivity index (χ0n) is 17.2. The van der Waals surface area contributed by atoms with Gasteiger partial charge in [-0.15, -0.1) is 0 Å². The summed E-state index contributed by atoms with van der Waals surface area (Å²) in [5, 5.41) is 12.6. The van der Waals surface area contributed by atoms with E-state index in [1.54, 1.807) is 23.1 Å². The van der Waals surface area contributed by atoms with Crippen LogP contribution in [0.4, 0.5) is 10.5 Å². The van der Waals surface area contributed by atoms with Gasteiger partial charge in [0.2, 0.25) is 5.91 Å². The van der Waals surface area contributed by atoms with Gasteiger partial charge in [0.1, 0.15) is 18.7 Å². The van der Waals surface area contributed by atoms with Crippen molar-refractivity contribution in [2.75, 3.05) is 5.32 Å². The van der Waals surface area contributed by atoms with Crippen LogP contribution in [0.15, 0.2) is 67.3 Å². The first-order valence-electron chi connectivity index (χ1n) is 9.82. The van der Waals surface area contributed by atoms with Crippen molar-refractivity contribution in [3.05, 3.63) is 72.8 Å². The molecule has 0 aliphatic heterocycles. The van der Waals surface area contributed by atoms with Crippen molar-refractivity contribution in [1.82, 2.24) is 25.4 Å². The van der Waals surface area contributed by atoms with Crippen LogP contribution in [0.25, 0.3) is 5.69 Å². The summed E-state index contributed by atoms with van der Waals surface area (Å²) >= 11 is 0. The molecular formula is C22H26N6O2. The number of para-hydroxylation sites is 1. The van der Waals surface area contributed by atoms with Crippen LogP contribution >= 0.6 is 0 Å². The average Bonchev–Trinajstić information content (AvgIpc) is 3.27. The lowest BCUT2D eigenvalue weighted by molar-refractivity contribution is -0.124. The average molecular weight is 406 g/mol. The van der Waals surface area contributed by atoms with Crippen LogP contribution in [-0.2, 0) is 4.79 Å². The molecule has 30 heavy (non-hydrogen) atoms. The van der Waals surface area contributed by atoms with Crippen LogP contribution in [0, 0.1) is 5.92 Å². The molecule has 3 rings (SSSR count). The van der Waals surface area contributed by atoms with Crippen LogP contribution in [0.3, 0.4) is 0 Å². The Balaban J connectivity index is 1.60. The third kappa shape index (κ3) is 5.44. The van der Waals surface area contributed by atoms with Gasteiger partial charge >= 0.3 is 6.03 Å². The first-order valence-corrected chi connectivity index (χ1v) is 9.82. The summed E-state index contributed by atoms with van der Waals surface area (Å²) in [6.45, 7) is 5.69. The maximum atomic E-state index is 12.8. The summed E-state index contributed by atoms with van der Waals surface area (Å²) < 4.78 is 1.66. The van der Waals surface area contributed by atoms with E-state index < -0.39 is 12.1 Å². The molecule has 2 aromatic carbocycles. The highest BCUT2D eigenvalue weighted by atomic mass is 16.2. The number of nitrogens with zero attached hydrogens (tertiary/aromatic N) is 3. The highest BCUT2D eigenvalue weighted by Crippen LogP contribution is 2.16. The molecule has 3 N–H and O–H groups in total. The van der Waals surface area contributed by atoms with Gasteiger partial charge in [0.25, 0.3) is 0 Å². The number of aromatic nitrogens is 3. The second-order valence-electron chi connectivity index (χ2n) is 7.35. The number of benzene rings is 2. The van der Waals surface area contributed by atoms with E-state index in [4.69, 9.17) is 0 Å². The van der Waals surface area contributed by atoms with Crippen LogP contribution < -0.4 is 16.0 Å². The molecule has 156 valence electrons. The number of hydrogen-bond acceptors (Lipinski definition) is 4. The SMILES string of the molecule is CC(C)[C@H](NC(=O)Nc1ccccc1)C(=O)N[C@@H](C)c1ccc(-n2cncn2)cc1. The van der Waals surface area contributed by atoms with Crippen molar-refractivity contribution in [3.8, 4) is 5.69 Å². The van der Waals surface area contributed by atoms with Crippen molar-refractivity contribution < 1.29 is 9.59 Å². The van der Waals surface area contributed by atoms with Gasteiger partial charge in [0.05, 0.1) is 11.7 Å². The van der Waals surface area contributed by atoms with Crippen LogP contribution in [0.2, 0.25) is 0 Å². The van der Waals surface area contributed by atoms with E-state index >= 15 is 0 Å². The Hall–Kier alpha value is -3.68.